The Morgan fingerprint density at radius 2 is 1.73 bits per heavy atom. The predicted octanol–water partition coefficient (Wildman–Crippen LogP) is -1.93. The van der Waals surface area contributed by atoms with E-state index >= 15 is 0 Å². The molecule has 1 rings (SSSR count). The third-order valence-corrected chi connectivity index (χ3v) is 2.34. The summed E-state index contributed by atoms with van der Waals surface area (Å²) in [7, 11) is -4.51. The van der Waals surface area contributed by atoms with E-state index in [-0.39, 0.29) is 35.1 Å². The molecular formula is C8H6ClNaO4S. The molecule has 0 aliphatic carbocycles. The van der Waals surface area contributed by atoms with Crippen molar-refractivity contribution in [1.29, 1.82) is 0 Å². The number of carbonyl (C=O) groups is 1. The fourth-order valence-electron chi connectivity index (χ4n) is 0.880. The van der Waals surface area contributed by atoms with Gasteiger partial charge in [0.2, 0.25) is 0 Å². The second kappa shape index (κ2) is 5.98. The molecule has 1 aromatic carbocycles. The second-order valence-electron chi connectivity index (χ2n) is 2.63. The molecule has 0 bridgehead atoms. The van der Waals surface area contributed by atoms with Crippen molar-refractivity contribution in [3.8, 4) is 0 Å². The first-order valence-corrected chi connectivity index (χ1v) is 5.56. The van der Waals surface area contributed by atoms with Gasteiger partial charge in [0.05, 0.1) is 0 Å². The molecule has 0 saturated heterocycles. The monoisotopic (exact) mass is 256 g/mol. The molecule has 0 radical (unpaired) electrons. The van der Waals surface area contributed by atoms with E-state index in [0.29, 0.717) is 5.02 Å². The summed E-state index contributed by atoms with van der Waals surface area (Å²) >= 11 is 5.56. The van der Waals surface area contributed by atoms with E-state index in [1.807, 2.05) is 0 Å². The zero-order valence-corrected chi connectivity index (χ0v) is 11.5. The summed E-state index contributed by atoms with van der Waals surface area (Å²) in [5.74, 6) is -1.74. The number of Topliss-reactive ketones (excluding diaryl/α,β-unsaturated/α-hetero) is 1. The Morgan fingerprint density at radius 3 is 2.13 bits per heavy atom. The van der Waals surface area contributed by atoms with Gasteiger partial charge in [-0.25, -0.2) is 8.42 Å². The zero-order chi connectivity index (χ0) is 10.8. The van der Waals surface area contributed by atoms with Crippen molar-refractivity contribution in [2.75, 3.05) is 5.75 Å². The van der Waals surface area contributed by atoms with Crippen LogP contribution in [0.2, 0.25) is 5.02 Å². The summed E-state index contributed by atoms with van der Waals surface area (Å²) in [4.78, 5) is 11.1. The van der Waals surface area contributed by atoms with Gasteiger partial charge in [-0.1, -0.05) is 11.6 Å². The maximum absolute atomic E-state index is 11.1. The Labute approximate surface area is 115 Å². The Hall–Kier alpha value is 0.0900. The number of carbonyl (C=O) groups excluding carboxylic acids is 1. The summed E-state index contributed by atoms with van der Waals surface area (Å²) in [6, 6.07) is 5.64. The number of halogens is 1. The fourth-order valence-corrected chi connectivity index (χ4v) is 1.49. The van der Waals surface area contributed by atoms with E-state index in [1.165, 1.54) is 24.3 Å². The summed E-state index contributed by atoms with van der Waals surface area (Å²) in [6.07, 6.45) is 0. The van der Waals surface area contributed by atoms with Crippen LogP contribution in [-0.2, 0) is 10.1 Å². The van der Waals surface area contributed by atoms with E-state index in [2.05, 4.69) is 0 Å². The first-order chi connectivity index (χ1) is 6.38. The Morgan fingerprint density at radius 1 is 1.27 bits per heavy atom. The first kappa shape index (κ1) is 15.1. The quantitative estimate of drug-likeness (QED) is 0.359. The van der Waals surface area contributed by atoms with Gasteiger partial charge < -0.3 is 4.55 Å². The van der Waals surface area contributed by atoms with Gasteiger partial charge in [-0.3, -0.25) is 4.79 Å². The van der Waals surface area contributed by atoms with Crippen molar-refractivity contribution in [2.24, 2.45) is 0 Å². The maximum atomic E-state index is 11.1. The van der Waals surface area contributed by atoms with Crippen LogP contribution in [0.1, 0.15) is 10.4 Å². The predicted molar refractivity (Wildman–Crippen MR) is 50.3 cm³/mol. The third-order valence-electron chi connectivity index (χ3n) is 1.47. The molecule has 0 N–H and O–H groups in total. The smallest absolute Gasteiger partial charge is 0.748 e. The van der Waals surface area contributed by atoms with Crippen molar-refractivity contribution in [1.82, 2.24) is 0 Å². The third kappa shape index (κ3) is 5.65. The van der Waals surface area contributed by atoms with E-state index < -0.39 is 21.7 Å². The maximum Gasteiger partial charge on any atom is 1.00 e. The van der Waals surface area contributed by atoms with Crippen LogP contribution >= 0.6 is 11.6 Å². The minimum absolute atomic E-state index is 0. The Bertz CT molecular complexity index is 440. The molecule has 76 valence electrons. The van der Waals surface area contributed by atoms with Crippen molar-refractivity contribution >= 4 is 27.5 Å². The Kier molecular flexibility index (Phi) is 6.02. The van der Waals surface area contributed by atoms with Gasteiger partial charge in [-0.15, -0.1) is 0 Å². The molecule has 0 spiro atoms. The van der Waals surface area contributed by atoms with Gasteiger partial charge >= 0.3 is 29.6 Å². The normalized spacial score (nSPS) is 10.5. The zero-order valence-electron chi connectivity index (χ0n) is 7.94. The molecule has 0 aromatic heterocycles. The molecular weight excluding hydrogens is 251 g/mol. The molecule has 0 heterocycles. The fraction of sp³-hybridized carbons (Fsp3) is 0.125. The largest absolute Gasteiger partial charge is 1.00 e. The second-order valence-corrected chi connectivity index (χ2v) is 4.47. The molecule has 0 fully saturated rings. The summed E-state index contributed by atoms with van der Waals surface area (Å²) < 4.78 is 30.8. The van der Waals surface area contributed by atoms with E-state index in [9.17, 15) is 17.8 Å². The summed E-state index contributed by atoms with van der Waals surface area (Å²) in [5.41, 5.74) is 0.161. The molecule has 0 aliphatic heterocycles. The molecule has 1 aromatic rings. The molecule has 0 saturated carbocycles. The molecule has 0 atom stereocenters. The Balaban J connectivity index is 0.00000196. The molecule has 0 amide bonds. The number of rotatable bonds is 3. The van der Waals surface area contributed by atoms with Gasteiger partial charge in [0.15, 0.2) is 5.78 Å². The van der Waals surface area contributed by atoms with Crippen molar-refractivity contribution < 1.29 is 47.3 Å². The molecule has 0 unspecified atom stereocenters. The van der Waals surface area contributed by atoms with Gasteiger partial charge in [-0.05, 0) is 24.3 Å². The number of hydrogen-bond donors (Lipinski definition) is 0. The van der Waals surface area contributed by atoms with Gasteiger partial charge in [0, 0.05) is 10.6 Å². The summed E-state index contributed by atoms with van der Waals surface area (Å²) in [5, 5.41) is 0.437. The van der Waals surface area contributed by atoms with Gasteiger partial charge in [0.1, 0.15) is 15.9 Å². The van der Waals surface area contributed by atoms with E-state index in [4.69, 9.17) is 11.6 Å². The molecule has 4 nitrogen and oxygen atoms in total. The number of hydrogen-bond acceptors (Lipinski definition) is 4. The van der Waals surface area contributed by atoms with E-state index in [0.717, 1.165) is 0 Å². The van der Waals surface area contributed by atoms with Crippen molar-refractivity contribution in [3.05, 3.63) is 34.9 Å². The minimum atomic E-state index is -4.51. The van der Waals surface area contributed by atoms with Crippen LogP contribution in [0.3, 0.4) is 0 Å². The van der Waals surface area contributed by atoms with Crippen LogP contribution < -0.4 is 29.6 Å². The molecule has 15 heavy (non-hydrogen) atoms. The van der Waals surface area contributed by atoms with E-state index in [1.54, 1.807) is 0 Å². The van der Waals surface area contributed by atoms with Gasteiger partial charge in [0.25, 0.3) is 0 Å². The standard InChI is InChI=1S/C8H7ClO4S.Na/c9-7-3-1-6(2-4-7)8(10)5-14(11,12)13;/h1-4H,5H2,(H,11,12,13);/q;+1/p-1. The molecule has 7 heteroatoms. The number of benzene rings is 1. The van der Waals surface area contributed by atoms with Crippen LogP contribution in [-0.4, -0.2) is 24.5 Å². The SMILES string of the molecule is O=C(CS(=O)(=O)[O-])c1ccc(Cl)cc1.[Na+]. The average Bonchev–Trinajstić information content (AvgIpc) is 2.02. The van der Waals surface area contributed by atoms with Crippen LogP contribution in [0.15, 0.2) is 24.3 Å². The van der Waals surface area contributed by atoms with Crippen molar-refractivity contribution in [2.45, 2.75) is 0 Å². The number of ketones is 1. The van der Waals surface area contributed by atoms with Gasteiger partial charge in [-0.2, -0.15) is 0 Å². The topological polar surface area (TPSA) is 74.3 Å². The average molecular weight is 257 g/mol. The van der Waals surface area contributed by atoms with Crippen LogP contribution in [0.4, 0.5) is 0 Å². The van der Waals surface area contributed by atoms with Crippen LogP contribution in [0, 0.1) is 0 Å². The molecule has 0 aliphatic rings. The first-order valence-electron chi connectivity index (χ1n) is 3.61. The van der Waals surface area contributed by atoms with Crippen LogP contribution in [0.25, 0.3) is 0 Å². The minimum Gasteiger partial charge on any atom is -0.748 e. The summed E-state index contributed by atoms with van der Waals surface area (Å²) in [6.45, 7) is 0. The van der Waals surface area contributed by atoms with Crippen LogP contribution in [0.5, 0.6) is 0 Å². The van der Waals surface area contributed by atoms with Crippen molar-refractivity contribution in [3.63, 3.8) is 0 Å².